The van der Waals surface area contributed by atoms with Crippen molar-refractivity contribution < 1.29 is 29.3 Å². The van der Waals surface area contributed by atoms with E-state index in [0.29, 0.717) is 10.6 Å². The number of rotatable bonds is 5. The van der Waals surface area contributed by atoms with Crippen molar-refractivity contribution in [3.63, 3.8) is 0 Å². The first kappa shape index (κ1) is 20.5. The molecule has 0 saturated heterocycles. The molecule has 1 aliphatic rings. The second-order valence-electron chi connectivity index (χ2n) is 6.66. The van der Waals surface area contributed by atoms with Gasteiger partial charge in [0.05, 0.1) is 18.1 Å². The Hall–Kier alpha value is -1.86. The summed E-state index contributed by atoms with van der Waals surface area (Å²) in [5.74, 6) is -3.20. The molecule has 1 aromatic rings. The fraction of sp³-hybridized carbons (Fsp3) is 0.389. The van der Waals surface area contributed by atoms with Crippen LogP contribution in [0.25, 0.3) is 0 Å². The van der Waals surface area contributed by atoms with E-state index in [1.165, 1.54) is 13.0 Å². The third-order valence-electron chi connectivity index (χ3n) is 4.80. The molecule has 0 aromatic heterocycles. The highest BCUT2D eigenvalue weighted by molar-refractivity contribution is 9.10. The van der Waals surface area contributed by atoms with Gasteiger partial charge in [-0.3, -0.25) is 9.59 Å². The van der Waals surface area contributed by atoms with E-state index < -0.39 is 28.7 Å². The van der Waals surface area contributed by atoms with Crippen LogP contribution in [0.2, 0.25) is 5.02 Å². The van der Waals surface area contributed by atoms with Gasteiger partial charge < -0.3 is 14.9 Å². The van der Waals surface area contributed by atoms with Crippen molar-refractivity contribution >= 4 is 45.4 Å². The highest BCUT2D eigenvalue weighted by atomic mass is 79.9. The van der Waals surface area contributed by atoms with Crippen molar-refractivity contribution in [3.05, 3.63) is 44.9 Å². The zero-order chi connectivity index (χ0) is 19.7. The summed E-state index contributed by atoms with van der Waals surface area (Å²) < 4.78 is 5.47. The van der Waals surface area contributed by atoms with E-state index in [0.717, 1.165) is 11.6 Å². The first-order chi connectivity index (χ1) is 12.1. The number of benzene rings is 1. The standard InChI is InChI=1S/C18H18BrClO6/c1-17(15(22)23)6-5-12(14(21)26-2)18(9-17,16(24)25)8-10-3-4-11(19)7-13(10)20/h3-5,7H,6,8-9H2,1-2H3,(H,22,23)(H,24,25). The molecule has 2 unspecified atom stereocenters. The largest absolute Gasteiger partial charge is 0.481 e. The van der Waals surface area contributed by atoms with Crippen LogP contribution in [0, 0.1) is 10.8 Å². The summed E-state index contributed by atoms with van der Waals surface area (Å²) in [6, 6.07) is 4.98. The molecule has 2 atom stereocenters. The molecule has 0 saturated carbocycles. The molecule has 6 nitrogen and oxygen atoms in total. The van der Waals surface area contributed by atoms with Gasteiger partial charge in [0.2, 0.25) is 0 Å². The van der Waals surface area contributed by atoms with Gasteiger partial charge in [-0.15, -0.1) is 0 Å². The molecule has 2 rings (SSSR count). The second-order valence-corrected chi connectivity index (χ2v) is 7.98. The van der Waals surface area contributed by atoms with Crippen molar-refractivity contribution in [2.75, 3.05) is 7.11 Å². The predicted molar refractivity (Wildman–Crippen MR) is 98.0 cm³/mol. The number of ether oxygens (including phenoxy) is 1. The average Bonchev–Trinajstić information content (AvgIpc) is 2.56. The number of carboxylic acids is 2. The molecule has 8 heteroatoms. The van der Waals surface area contributed by atoms with E-state index in [2.05, 4.69) is 15.9 Å². The second kappa shape index (κ2) is 7.40. The molecule has 26 heavy (non-hydrogen) atoms. The number of aliphatic carboxylic acids is 2. The number of carbonyl (C=O) groups excluding carboxylic acids is 1. The molecule has 0 spiro atoms. The zero-order valence-electron chi connectivity index (χ0n) is 14.2. The SMILES string of the molecule is COC(=O)C1=CCC(C)(C(=O)O)CC1(Cc1ccc(Br)cc1Cl)C(=O)O. The van der Waals surface area contributed by atoms with E-state index in [1.807, 2.05) is 0 Å². The first-order valence-corrected chi connectivity index (χ1v) is 8.92. The Morgan fingerprint density at radius 3 is 2.42 bits per heavy atom. The number of esters is 1. The van der Waals surface area contributed by atoms with Gasteiger partial charge in [-0.1, -0.05) is 39.7 Å². The predicted octanol–water partition coefficient (Wildman–Crippen LogP) is 3.70. The van der Waals surface area contributed by atoms with E-state index in [1.54, 1.807) is 18.2 Å². The number of halogens is 2. The van der Waals surface area contributed by atoms with Gasteiger partial charge in [-0.05, 0) is 43.9 Å². The molecular weight excluding hydrogens is 428 g/mol. The molecular formula is C18H18BrClO6. The fourth-order valence-corrected chi connectivity index (χ4v) is 4.06. The van der Waals surface area contributed by atoms with Gasteiger partial charge >= 0.3 is 17.9 Å². The van der Waals surface area contributed by atoms with Gasteiger partial charge in [0, 0.05) is 9.50 Å². The Bertz CT molecular complexity index is 805. The number of hydrogen-bond donors (Lipinski definition) is 2. The van der Waals surface area contributed by atoms with E-state index in [-0.39, 0.29) is 24.8 Å². The highest BCUT2D eigenvalue weighted by Gasteiger charge is 2.55. The summed E-state index contributed by atoms with van der Waals surface area (Å²) in [5, 5.41) is 19.9. The molecule has 0 radical (unpaired) electrons. The van der Waals surface area contributed by atoms with Crippen molar-refractivity contribution in [2.24, 2.45) is 10.8 Å². The summed E-state index contributed by atoms with van der Waals surface area (Å²) >= 11 is 9.52. The average molecular weight is 446 g/mol. The number of methoxy groups -OCH3 is 1. The summed E-state index contributed by atoms with van der Waals surface area (Å²) in [6.07, 6.45) is 1.02. The highest BCUT2D eigenvalue weighted by Crippen LogP contribution is 2.50. The summed E-state index contributed by atoms with van der Waals surface area (Å²) in [6.45, 7) is 1.47. The lowest BCUT2D eigenvalue weighted by atomic mass is 9.60. The van der Waals surface area contributed by atoms with Crippen LogP contribution < -0.4 is 0 Å². The Kier molecular flexibility index (Phi) is 5.82. The minimum absolute atomic E-state index is 0.0376. The third kappa shape index (κ3) is 3.64. The fourth-order valence-electron chi connectivity index (χ4n) is 3.32. The molecule has 0 amide bonds. The minimum atomic E-state index is -1.75. The van der Waals surface area contributed by atoms with Gasteiger partial charge in [0.1, 0.15) is 5.41 Å². The van der Waals surface area contributed by atoms with Crippen LogP contribution in [-0.2, 0) is 25.5 Å². The maximum absolute atomic E-state index is 12.3. The van der Waals surface area contributed by atoms with Crippen molar-refractivity contribution in [1.29, 1.82) is 0 Å². The van der Waals surface area contributed by atoms with Crippen LogP contribution in [0.1, 0.15) is 25.3 Å². The van der Waals surface area contributed by atoms with Crippen molar-refractivity contribution in [1.82, 2.24) is 0 Å². The van der Waals surface area contributed by atoms with E-state index >= 15 is 0 Å². The molecule has 0 bridgehead atoms. The topological polar surface area (TPSA) is 101 Å². The molecule has 0 heterocycles. The molecule has 2 N–H and O–H groups in total. The van der Waals surface area contributed by atoms with Crippen molar-refractivity contribution in [3.8, 4) is 0 Å². The van der Waals surface area contributed by atoms with Crippen molar-refractivity contribution in [2.45, 2.75) is 26.2 Å². The summed E-state index contributed by atoms with van der Waals surface area (Å²) in [7, 11) is 1.16. The summed E-state index contributed by atoms with van der Waals surface area (Å²) in [5.41, 5.74) is -2.62. The van der Waals surface area contributed by atoms with Crippen LogP contribution in [0.5, 0.6) is 0 Å². The van der Waals surface area contributed by atoms with Gasteiger partial charge in [-0.25, -0.2) is 4.79 Å². The van der Waals surface area contributed by atoms with Gasteiger partial charge in [0.25, 0.3) is 0 Å². The Morgan fingerprint density at radius 1 is 1.27 bits per heavy atom. The number of carbonyl (C=O) groups is 3. The lowest BCUT2D eigenvalue weighted by Crippen LogP contribution is -2.47. The Balaban J connectivity index is 2.64. The number of carboxylic acid groups (broad SMARTS) is 2. The molecule has 1 aliphatic carbocycles. The monoisotopic (exact) mass is 444 g/mol. The Labute approximate surface area is 163 Å². The van der Waals surface area contributed by atoms with Crippen LogP contribution in [0.3, 0.4) is 0 Å². The van der Waals surface area contributed by atoms with E-state index in [9.17, 15) is 24.6 Å². The lowest BCUT2D eigenvalue weighted by Gasteiger charge is -2.41. The smallest absolute Gasteiger partial charge is 0.334 e. The van der Waals surface area contributed by atoms with Gasteiger partial charge in [0.15, 0.2) is 0 Å². The summed E-state index contributed by atoms with van der Waals surface area (Å²) in [4.78, 5) is 36.3. The van der Waals surface area contributed by atoms with Crippen LogP contribution in [-0.4, -0.2) is 35.2 Å². The maximum atomic E-state index is 12.3. The molecule has 0 aliphatic heterocycles. The number of allylic oxidation sites excluding steroid dienone is 1. The normalized spacial score (nSPS) is 25.3. The first-order valence-electron chi connectivity index (χ1n) is 7.75. The number of hydrogen-bond acceptors (Lipinski definition) is 4. The Morgan fingerprint density at radius 2 is 1.92 bits per heavy atom. The molecule has 140 valence electrons. The van der Waals surface area contributed by atoms with E-state index in [4.69, 9.17) is 16.3 Å². The zero-order valence-corrected chi connectivity index (χ0v) is 16.6. The third-order valence-corrected chi connectivity index (χ3v) is 5.65. The van der Waals surface area contributed by atoms with Crippen LogP contribution >= 0.6 is 27.5 Å². The lowest BCUT2D eigenvalue weighted by molar-refractivity contribution is -0.159. The molecule has 1 aromatic carbocycles. The quantitative estimate of drug-likeness (QED) is 0.670. The minimum Gasteiger partial charge on any atom is -0.481 e. The maximum Gasteiger partial charge on any atom is 0.334 e. The molecule has 0 fully saturated rings. The van der Waals surface area contributed by atoms with Gasteiger partial charge in [-0.2, -0.15) is 0 Å². The van der Waals surface area contributed by atoms with Crippen LogP contribution in [0.4, 0.5) is 0 Å². The van der Waals surface area contributed by atoms with Crippen LogP contribution in [0.15, 0.2) is 34.3 Å².